The van der Waals surface area contributed by atoms with Crippen molar-refractivity contribution in [2.75, 3.05) is 45.9 Å². The summed E-state index contributed by atoms with van der Waals surface area (Å²) in [5, 5.41) is 9.72. The molecule has 0 aliphatic carbocycles. The van der Waals surface area contributed by atoms with Crippen LogP contribution in [0, 0.1) is 0 Å². The van der Waals surface area contributed by atoms with Crippen molar-refractivity contribution in [3.8, 4) is 0 Å². The molecule has 0 radical (unpaired) electrons. The van der Waals surface area contributed by atoms with E-state index in [1.54, 1.807) is 4.90 Å². The summed E-state index contributed by atoms with van der Waals surface area (Å²) in [6.45, 7) is 7.58. The Morgan fingerprint density at radius 1 is 1.15 bits per heavy atom. The van der Waals surface area contributed by atoms with Crippen molar-refractivity contribution in [3.63, 3.8) is 0 Å². The number of aliphatic carboxylic acids is 1. The van der Waals surface area contributed by atoms with Crippen LogP contribution in [0.4, 0.5) is 4.79 Å². The Labute approximate surface area is 154 Å². The molecule has 4 unspecified atom stereocenters. The summed E-state index contributed by atoms with van der Waals surface area (Å²) in [6.07, 6.45) is 4.06. The van der Waals surface area contributed by atoms with Crippen LogP contribution in [0.15, 0.2) is 0 Å². The number of amides is 1. The Morgan fingerprint density at radius 2 is 1.88 bits per heavy atom. The lowest BCUT2D eigenvalue weighted by atomic mass is 9.92. The summed E-state index contributed by atoms with van der Waals surface area (Å²) < 4.78 is 5.69. The summed E-state index contributed by atoms with van der Waals surface area (Å²) in [5.41, 5.74) is 0. The number of rotatable bonds is 5. The first-order chi connectivity index (χ1) is 12.6. The van der Waals surface area contributed by atoms with Gasteiger partial charge >= 0.3 is 12.1 Å². The second-order valence-corrected chi connectivity index (χ2v) is 8.00. The molecule has 0 aromatic rings. The summed E-state index contributed by atoms with van der Waals surface area (Å²) >= 11 is 0. The summed E-state index contributed by atoms with van der Waals surface area (Å²) in [7, 11) is 0. The first kappa shape index (κ1) is 18.0. The zero-order valence-corrected chi connectivity index (χ0v) is 15.5. The van der Waals surface area contributed by atoms with Gasteiger partial charge < -0.3 is 9.84 Å². The fourth-order valence-electron chi connectivity index (χ4n) is 5.22. The quantitative estimate of drug-likeness (QED) is 0.758. The smallest absolute Gasteiger partial charge is 0.411 e. The van der Waals surface area contributed by atoms with E-state index in [2.05, 4.69) is 16.7 Å². The molecule has 5 rings (SSSR count). The van der Waals surface area contributed by atoms with Crippen molar-refractivity contribution in [2.45, 2.75) is 56.8 Å². The fourth-order valence-corrected chi connectivity index (χ4v) is 5.22. The number of nitrogens with zero attached hydrogens (tertiary/aromatic N) is 4. The van der Waals surface area contributed by atoms with Crippen LogP contribution in [-0.4, -0.2) is 107 Å². The van der Waals surface area contributed by atoms with E-state index in [4.69, 9.17) is 4.74 Å². The van der Waals surface area contributed by atoms with Gasteiger partial charge in [-0.1, -0.05) is 13.3 Å². The van der Waals surface area contributed by atoms with Gasteiger partial charge in [-0.15, -0.1) is 0 Å². The second-order valence-electron chi connectivity index (χ2n) is 8.00. The van der Waals surface area contributed by atoms with E-state index in [1.807, 2.05) is 4.90 Å². The number of cyclic esters (lactones) is 1. The van der Waals surface area contributed by atoms with Crippen molar-refractivity contribution in [3.05, 3.63) is 0 Å². The molecule has 1 amide bonds. The highest BCUT2D eigenvalue weighted by Gasteiger charge is 2.52. The average Bonchev–Trinajstić information content (AvgIpc) is 3.02. The van der Waals surface area contributed by atoms with E-state index in [0.29, 0.717) is 19.3 Å². The van der Waals surface area contributed by atoms with Crippen molar-refractivity contribution >= 4 is 12.1 Å². The average molecular weight is 366 g/mol. The van der Waals surface area contributed by atoms with Crippen LogP contribution in [0.5, 0.6) is 0 Å². The molecule has 8 heteroatoms. The van der Waals surface area contributed by atoms with Gasteiger partial charge in [0.05, 0.1) is 19.3 Å². The Balaban J connectivity index is 1.44. The monoisotopic (exact) mass is 366 g/mol. The Hall–Kier alpha value is -1.38. The summed E-state index contributed by atoms with van der Waals surface area (Å²) in [4.78, 5) is 32.7. The van der Waals surface area contributed by atoms with Crippen LogP contribution in [0.25, 0.3) is 0 Å². The van der Waals surface area contributed by atoms with Gasteiger partial charge in [-0.3, -0.25) is 24.4 Å². The van der Waals surface area contributed by atoms with E-state index < -0.39 is 12.0 Å². The van der Waals surface area contributed by atoms with Gasteiger partial charge in [0.1, 0.15) is 12.1 Å². The minimum absolute atomic E-state index is 0.243. The molecule has 0 aromatic carbocycles. The number of carbonyl (C=O) groups excluding carboxylic acids is 1. The Kier molecular flexibility index (Phi) is 5.07. The Morgan fingerprint density at radius 3 is 2.58 bits per heavy atom. The van der Waals surface area contributed by atoms with Gasteiger partial charge in [-0.05, 0) is 19.3 Å². The first-order valence-electron chi connectivity index (χ1n) is 9.99. The minimum atomic E-state index is -0.809. The lowest BCUT2D eigenvalue weighted by Gasteiger charge is -2.52. The molecule has 5 fully saturated rings. The SMILES string of the molecule is CCC1CCCCN1CN1CC(C2C(C(=O)O)N3CCN2CC3)OC1=O. The molecule has 5 aliphatic rings. The van der Waals surface area contributed by atoms with Gasteiger partial charge in [0.2, 0.25) is 0 Å². The van der Waals surface area contributed by atoms with E-state index in [1.165, 1.54) is 19.3 Å². The molecule has 5 heterocycles. The number of carboxylic acids is 1. The van der Waals surface area contributed by atoms with Crippen LogP contribution in [-0.2, 0) is 9.53 Å². The highest BCUT2D eigenvalue weighted by molar-refractivity contribution is 5.76. The molecule has 2 bridgehead atoms. The Bertz CT molecular complexity index is 551. The van der Waals surface area contributed by atoms with Gasteiger partial charge in [-0.2, -0.15) is 0 Å². The minimum Gasteiger partial charge on any atom is -0.480 e. The van der Waals surface area contributed by atoms with Crippen LogP contribution < -0.4 is 0 Å². The van der Waals surface area contributed by atoms with E-state index >= 15 is 0 Å². The fraction of sp³-hybridized carbons (Fsp3) is 0.889. The number of piperidine rings is 1. The lowest BCUT2D eigenvalue weighted by Crippen LogP contribution is -2.72. The standard InChI is InChI=1S/C18H30N4O4/c1-2-13-5-3-4-6-21(13)12-22-11-14(26-18(22)25)15-16(17(23)24)20-9-7-19(15)8-10-20/h13-16H,2-12H2,1H3,(H,23,24). The third-order valence-corrected chi connectivity index (χ3v) is 6.60. The maximum Gasteiger partial charge on any atom is 0.411 e. The predicted octanol–water partition coefficient (Wildman–Crippen LogP) is 0.482. The summed E-state index contributed by atoms with van der Waals surface area (Å²) in [5.74, 6) is -0.809. The van der Waals surface area contributed by atoms with E-state index in [9.17, 15) is 14.7 Å². The van der Waals surface area contributed by atoms with Crippen LogP contribution in [0.3, 0.4) is 0 Å². The largest absolute Gasteiger partial charge is 0.480 e. The first-order valence-corrected chi connectivity index (χ1v) is 9.99. The molecule has 0 aromatic heterocycles. The van der Waals surface area contributed by atoms with Crippen LogP contribution in [0.2, 0.25) is 0 Å². The van der Waals surface area contributed by atoms with Gasteiger partial charge in [-0.25, -0.2) is 4.79 Å². The molecule has 4 atom stereocenters. The van der Waals surface area contributed by atoms with Gasteiger partial charge in [0, 0.05) is 38.8 Å². The molecule has 5 aliphatic heterocycles. The summed E-state index contributed by atoms with van der Waals surface area (Å²) in [6, 6.07) is -0.288. The zero-order valence-electron chi connectivity index (χ0n) is 15.5. The van der Waals surface area contributed by atoms with Crippen molar-refractivity contribution < 1.29 is 19.4 Å². The van der Waals surface area contributed by atoms with Crippen molar-refractivity contribution in [2.24, 2.45) is 0 Å². The number of hydrogen-bond donors (Lipinski definition) is 1. The third kappa shape index (κ3) is 3.18. The molecule has 0 spiro atoms. The number of ether oxygens (including phenoxy) is 1. The molecular formula is C18H30N4O4. The second kappa shape index (κ2) is 7.32. The molecule has 0 saturated carbocycles. The third-order valence-electron chi connectivity index (χ3n) is 6.60. The normalized spacial score (nSPS) is 40.7. The molecule has 8 nitrogen and oxygen atoms in total. The number of hydrogen-bond acceptors (Lipinski definition) is 6. The number of carbonyl (C=O) groups is 2. The molecule has 146 valence electrons. The highest BCUT2D eigenvalue weighted by Crippen LogP contribution is 2.30. The zero-order chi connectivity index (χ0) is 18.3. The van der Waals surface area contributed by atoms with E-state index in [-0.39, 0.29) is 18.2 Å². The number of likely N-dealkylation sites (tertiary alicyclic amines) is 1. The van der Waals surface area contributed by atoms with Gasteiger partial charge in [0.15, 0.2) is 0 Å². The van der Waals surface area contributed by atoms with Crippen LogP contribution in [0.1, 0.15) is 32.6 Å². The topological polar surface area (TPSA) is 76.6 Å². The maximum absolute atomic E-state index is 12.5. The molecule has 26 heavy (non-hydrogen) atoms. The predicted molar refractivity (Wildman–Crippen MR) is 94.8 cm³/mol. The maximum atomic E-state index is 12.5. The number of fused-ring (bicyclic) bond motifs is 3. The number of piperazine rings is 3. The molecule has 5 saturated heterocycles. The van der Waals surface area contributed by atoms with Crippen molar-refractivity contribution in [1.29, 1.82) is 0 Å². The van der Waals surface area contributed by atoms with E-state index in [0.717, 1.165) is 39.1 Å². The highest BCUT2D eigenvalue weighted by atomic mass is 16.6. The lowest BCUT2D eigenvalue weighted by molar-refractivity contribution is -0.158. The van der Waals surface area contributed by atoms with Crippen LogP contribution >= 0.6 is 0 Å². The van der Waals surface area contributed by atoms with Gasteiger partial charge in [0.25, 0.3) is 0 Å². The van der Waals surface area contributed by atoms with Crippen molar-refractivity contribution in [1.82, 2.24) is 19.6 Å². The molecular weight excluding hydrogens is 336 g/mol. The number of carboxylic acid groups (broad SMARTS) is 1. The molecule has 1 N–H and O–H groups in total.